The first kappa shape index (κ1) is 21.3. The number of nitrogens with one attached hydrogen (secondary N) is 2. The van der Waals surface area contributed by atoms with Crippen LogP contribution in [0.15, 0.2) is 23.0 Å². The molecule has 0 saturated heterocycles. The third-order valence-electron chi connectivity index (χ3n) is 4.59. The summed E-state index contributed by atoms with van der Waals surface area (Å²) in [5.74, 6) is 0. The lowest BCUT2D eigenvalue weighted by Crippen LogP contribution is -2.42. The summed E-state index contributed by atoms with van der Waals surface area (Å²) in [5.41, 5.74) is 3.59. The van der Waals surface area contributed by atoms with Crippen molar-refractivity contribution in [1.29, 1.82) is 0 Å². The zero-order chi connectivity index (χ0) is 19.8. The van der Waals surface area contributed by atoms with Crippen molar-refractivity contribution in [2.45, 2.75) is 33.7 Å². The molecule has 3 N–H and O–H groups in total. The number of hydrogen-bond donors (Lipinski definition) is 3. The topological polar surface area (TPSA) is 77.6 Å². The summed E-state index contributed by atoms with van der Waals surface area (Å²) in [6.45, 7) is 8.73. The molecule has 6 nitrogen and oxygen atoms in total. The van der Waals surface area contributed by atoms with Gasteiger partial charge in [0.2, 0.25) is 0 Å². The molecule has 1 aromatic carbocycles. The Morgan fingerprint density at radius 2 is 2.15 bits per heavy atom. The van der Waals surface area contributed by atoms with Gasteiger partial charge in [-0.25, -0.2) is 0 Å². The van der Waals surface area contributed by atoms with Crippen LogP contribution in [0.4, 0.5) is 0 Å². The average molecular weight is 392 g/mol. The molecule has 0 spiro atoms. The van der Waals surface area contributed by atoms with E-state index in [1.54, 1.807) is 0 Å². The van der Waals surface area contributed by atoms with Crippen molar-refractivity contribution in [3.63, 3.8) is 0 Å². The molecule has 0 saturated carbocycles. The van der Waals surface area contributed by atoms with E-state index in [-0.39, 0.29) is 12.2 Å². The Morgan fingerprint density at radius 1 is 1.37 bits per heavy atom. The second-order valence-electron chi connectivity index (χ2n) is 6.52. The highest BCUT2D eigenvalue weighted by Crippen LogP contribution is 2.19. The molecular formula is C20H29N3O3S. The van der Waals surface area contributed by atoms with Gasteiger partial charge in [0.15, 0.2) is 5.11 Å². The van der Waals surface area contributed by atoms with Crippen molar-refractivity contribution >= 4 is 28.2 Å². The third kappa shape index (κ3) is 5.76. The van der Waals surface area contributed by atoms with E-state index in [4.69, 9.17) is 17.0 Å². The van der Waals surface area contributed by atoms with E-state index in [1.807, 2.05) is 37.8 Å². The fourth-order valence-electron chi connectivity index (χ4n) is 2.89. The van der Waals surface area contributed by atoms with Crippen LogP contribution in [-0.2, 0) is 11.3 Å². The van der Waals surface area contributed by atoms with E-state index in [0.717, 1.165) is 28.5 Å². The lowest BCUT2D eigenvalue weighted by Gasteiger charge is -2.25. The van der Waals surface area contributed by atoms with E-state index in [2.05, 4.69) is 16.4 Å². The molecule has 0 atom stereocenters. The SMILES string of the molecule is CCOCCCNC(=S)N(CCO)Cc1cc2ccc(C)c(C)c2[nH]c1=O. The van der Waals surface area contributed by atoms with Crippen molar-refractivity contribution in [3.05, 3.63) is 45.2 Å². The zero-order valence-corrected chi connectivity index (χ0v) is 17.1. The van der Waals surface area contributed by atoms with Gasteiger partial charge >= 0.3 is 0 Å². The lowest BCUT2D eigenvalue weighted by atomic mass is 10.0. The minimum Gasteiger partial charge on any atom is -0.395 e. The molecule has 0 aliphatic heterocycles. The monoisotopic (exact) mass is 391 g/mol. The Kier molecular flexibility index (Phi) is 8.22. The number of ether oxygens (including phenoxy) is 1. The van der Waals surface area contributed by atoms with Gasteiger partial charge in [-0.15, -0.1) is 0 Å². The summed E-state index contributed by atoms with van der Waals surface area (Å²) in [5, 5.41) is 14.1. The minimum atomic E-state index is -0.127. The van der Waals surface area contributed by atoms with E-state index < -0.39 is 0 Å². The van der Waals surface area contributed by atoms with Gasteiger partial charge in [-0.3, -0.25) is 4.79 Å². The second-order valence-corrected chi connectivity index (χ2v) is 6.91. The van der Waals surface area contributed by atoms with E-state index in [1.165, 1.54) is 0 Å². The van der Waals surface area contributed by atoms with Crippen LogP contribution in [0.2, 0.25) is 0 Å². The number of pyridine rings is 1. The number of rotatable bonds is 9. The first-order valence-electron chi connectivity index (χ1n) is 9.31. The van der Waals surface area contributed by atoms with Gasteiger partial charge in [0, 0.05) is 31.9 Å². The predicted octanol–water partition coefficient (Wildman–Crippen LogP) is 2.24. The van der Waals surface area contributed by atoms with Gasteiger partial charge < -0.3 is 25.0 Å². The van der Waals surface area contributed by atoms with Gasteiger partial charge in [-0.2, -0.15) is 0 Å². The van der Waals surface area contributed by atoms with Gasteiger partial charge in [0.05, 0.1) is 18.7 Å². The van der Waals surface area contributed by atoms with E-state index in [0.29, 0.717) is 43.5 Å². The number of hydrogen-bond acceptors (Lipinski definition) is 4. The molecule has 0 aliphatic rings. The molecule has 148 valence electrons. The molecule has 1 heterocycles. The second kappa shape index (κ2) is 10.4. The molecule has 0 aliphatic carbocycles. The number of thiocarbonyl (C=S) groups is 1. The summed E-state index contributed by atoms with van der Waals surface area (Å²) in [4.78, 5) is 17.4. The van der Waals surface area contributed by atoms with Crippen LogP contribution in [0, 0.1) is 13.8 Å². The molecule has 1 aromatic heterocycles. The summed E-state index contributed by atoms with van der Waals surface area (Å²) < 4.78 is 5.31. The number of nitrogens with zero attached hydrogens (tertiary/aromatic N) is 1. The Bertz CT molecular complexity index is 835. The van der Waals surface area contributed by atoms with Crippen molar-refractivity contribution in [2.75, 3.05) is 32.9 Å². The highest BCUT2D eigenvalue weighted by atomic mass is 32.1. The fraction of sp³-hybridized carbons (Fsp3) is 0.500. The van der Waals surface area contributed by atoms with Gasteiger partial charge in [0.1, 0.15) is 0 Å². The number of aromatic amines is 1. The summed E-state index contributed by atoms with van der Waals surface area (Å²) in [7, 11) is 0. The summed E-state index contributed by atoms with van der Waals surface area (Å²) in [6, 6.07) is 5.97. The van der Waals surface area contributed by atoms with Crippen LogP contribution < -0.4 is 10.9 Å². The number of benzene rings is 1. The molecule has 2 aromatic rings. The molecule has 0 bridgehead atoms. The van der Waals surface area contributed by atoms with E-state index >= 15 is 0 Å². The smallest absolute Gasteiger partial charge is 0.253 e. The number of aromatic nitrogens is 1. The summed E-state index contributed by atoms with van der Waals surface area (Å²) in [6.07, 6.45) is 0.843. The maximum atomic E-state index is 12.6. The Labute approximate surface area is 165 Å². The van der Waals surface area contributed by atoms with Crippen LogP contribution in [0.5, 0.6) is 0 Å². The highest BCUT2D eigenvalue weighted by molar-refractivity contribution is 7.80. The summed E-state index contributed by atoms with van der Waals surface area (Å²) >= 11 is 5.45. The van der Waals surface area contributed by atoms with Gasteiger partial charge in [0.25, 0.3) is 5.56 Å². The van der Waals surface area contributed by atoms with Gasteiger partial charge in [-0.05, 0) is 62.0 Å². The molecular weight excluding hydrogens is 362 g/mol. The van der Waals surface area contributed by atoms with Crippen LogP contribution in [0.1, 0.15) is 30.0 Å². The predicted molar refractivity (Wildman–Crippen MR) is 113 cm³/mol. The molecule has 0 amide bonds. The highest BCUT2D eigenvalue weighted by Gasteiger charge is 2.13. The van der Waals surface area contributed by atoms with Gasteiger partial charge in [-0.1, -0.05) is 12.1 Å². The Hall–Kier alpha value is -1.96. The van der Waals surface area contributed by atoms with Crippen LogP contribution in [0.25, 0.3) is 10.9 Å². The molecule has 27 heavy (non-hydrogen) atoms. The fourth-order valence-corrected chi connectivity index (χ4v) is 3.15. The Morgan fingerprint density at radius 3 is 2.85 bits per heavy atom. The number of H-pyrrole nitrogens is 1. The molecule has 2 rings (SSSR count). The number of aliphatic hydroxyl groups is 1. The minimum absolute atomic E-state index is 0.0371. The number of aryl methyl sites for hydroxylation is 2. The maximum absolute atomic E-state index is 12.6. The maximum Gasteiger partial charge on any atom is 0.253 e. The normalized spacial score (nSPS) is 11.0. The van der Waals surface area contributed by atoms with Crippen molar-refractivity contribution in [1.82, 2.24) is 15.2 Å². The average Bonchev–Trinajstić information content (AvgIpc) is 2.65. The molecule has 0 radical (unpaired) electrons. The molecule has 0 fully saturated rings. The Balaban J connectivity index is 2.13. The lowest BCUT2D eigenvalue weighted by molar-refractivity contribution is 0.145. The molecule has 0 unspecified atom stereocenters. The largest absolute Gasteiger partial charge is 0.395 e. The standard InChI is InChI=1S/C20H29N3O3S/c1-4-26-11-5-8-21-20(27)23(9-10-24)13-17-12-16-7-6-14(2)15(3)18(16)22-19(17)25/h6-7,12,24H,4-5,8-11,13H2,1-3H3,(H,21,27)(H,22,25). The van der Waals surface area contributed by atoms with Crippen LogP contribution in [-0.4, -0.2) is 53.0 Å². The van der Waals surface area contributed by atoms with Crippen molar-refractivity contribution in [3.8, 4) is 0 Å². The van der Waals surface area contributed by atoms with Crippen molar-refractivity contribution in [2.24, 2.45) is 0 Å². The molecule has 7 heteroatoms. The quantitative estimate of drug-likeness (QED) is 0.450. The van der Waals surface area contributed by atoms with Crippen LogP contribution >= 0.6 is 12.2 Å². The van der Waals surface area contributed by atoms with E-state index in [9.17, 15) is 9.90 Å². The first-order chi connectivity index (χ1) is 13.0. The zero-order valence-electron chi connectivity index (χ0n) is 16.3. The third-order valence-corrected chi connectivity index (χ3v) is 4.99. The van der Waals surface area contributed by atoms with Crippen molar-refractivity contribution < 1.29 is 9.84 Å². The number of aliphatic hydroxyl groups excluding tert-OH is 1. The first-order valence-corrected chi connectivity index (χ1v) is 9.72. The number of fused-ring (bicyclic) bond motifs is 1. The van der Waals surface area contributed by atoms with Crippen LogP contribution in [0.3, 0.4) is 0 Å².